The van der Waals surface area contributed by atoms with Gasteiger partial charge in [-0.25, -0.2) is 0 Å². The zero-order valence-corrected chi connectivity index (χ0v) is 13.6. The molecule has 2 aromatic rings. The van der Waals surface area contributed by atoms with Gasteiger partial charge in [0.2, 0.25) is 17.7 Å². The minimum absolute atomic E-state index is 0.0204. The summed E-state index contributed by atoms with van der Waals surface area (Å²) >= 11 is 0. The summed E-state index contributed by atoms with van der Waals surface area (Å²) in [5.41, 5.74) is 6.87. The van der Waals surface area contributed by atoms with Crippen LogP contribution in [0, 0.1) is 0 Å². The molecule has 3 rings (SSSR count). The lowest BCUT2D eigenvalue weighted by molar-refractivity contribution is 0.0605. The molecule has 0 radical (unpaired) electrons. The standard InChI is InChI=1S/C15H21N7O/c1-4-10-11-6-5-7-21(11)8-9-22(10)13(23)12-17-14(16)19-15(18-12)20(2)3/h5-7,10H,4,8-9H2,1-3H3,(H2,16,17,18,19). The molecule has 122 valence electrons. The molecule has 23 heavy (non-hydrogen) atoms. The van der Waals surface area contributed by atoms with Crippen LogP contribution in [0.15, 0.2) is 18.3 Å². The molecule has 0 spiro atoms. The molecular formula is C15H21N7O. The van der Waals surface area contributed by atoms with Crippen molar-refractivity contribution in [3.63, 3.8) is 0 Å². The number of aromatic nitrogens is 4. The van der Waals surface area contributed by atoms with Gasteiger partial charge in [0.05, 0.1) is 6.04 Å². The first-order chi connectivity index (χ1) is 11.0. The third-order valence-corrected chi connectivity index (χ3v) is 4.04. The van der Waals surface area contributed by atoms with Crippen LogP contribution in [-0.2, 0) is 6.54 Å². The van der Waals surface area contributed by atoms with E-state index in [1.807, 2.05) is 17.2 Å². The highest BCUT2D eigenvalue weighted by molar-refractivity contribution is 5.91. The van der Waals surface area contributed by atoms with Crippen LogP contribution in [0.3, 0.4) is 0 Å². The minimum Gasteiger partial charge on any atom is -0.368 e. The van der Waals surface area contributed by atoms with Crippen LogP contribution < -0.4 is 10.6 Å². The Morgan fingerprint density at radius 2 is 2.13 bits per heavy atom. The quantitative estimate of drug-likeness (QED) is 0.905. The van der Waals surface area contributed by atoms with E-state index in [1.54, 1.807) is 19.0 Å². The normalized spacial score (nSPS) is 17.0. The number of nitrogens with two attached hydrogens (primary N) is 1. The van der Waals surface area contributed by atoms with Crippen LogP contribution in [0.5, 0.6) is 0 Å². The van der Waals surface area contributed by atoms with Crippen molar-refractivity contribution >= 4 is 17.8 Å². The molecule has 0 aliphatic carbocycles. The average Bonchev–Trinajstić information content (AvgIpc) is 3.01. The molecule has 1 aliphatic heterocycles. The minimum atomic E-state index is -0.207. The predicted octanol–water partition coefficient (Wildman–Crippen LogP) is 0.928. The number of nitrogen functional groups attached to an aromatic ring is 1. The Morgan fingerprint density at radius 3 is 2.83 bits per heavy atom. The van der Waals surface area contributed by atoms with Crippen molar-refractivity contribution < 1.29 is 4.79 Å². The highest BCUT2D eigenvalue weighted by atomic mass is 16.2. The van der Waals surface area contributed by atoms with Crippen LogP contribution in [0.4, 0.5) is 11.9 Å². The zero-order valence-electron chi connectivity index (χ0n) is 13.6. The molecule has 1 amide bonds. The summed E-state index contributed by atoms with van der Waals surface area (Å²) in [5.74, 6) is 0.330. The number of hydrogen-bond donors (Lipinski definition) is 1. The maximum Gasteiger partial charge on any atom is 0.292 e. The number of carbonyl (C=O) groups is 1. The van der Waals surface area contributed by atoms with Gasteiger partial charge in [0.15, 0.2) is 0 Å². The fraction of sp³-hybridized carbons (Fsp3) is 0.467. The van der Waals surface area contributed by atoms with Gasteiger partial charge in [0.1, 0.15) is 0 Å². The van der Waals surface area contributed by atoms with Crippen LogP contribution in [-0.4, -0.2) is 51.0 Å². The number of amides is 1. The molecule has 0 saturated heterocycles. The average molecular weight is 315 g/mol. The molecule has 0 saturated carbocycles. The number of rotatable bonds is 3. The van der Waals surface area contributed by atoms with Crippen LogP contribution in [0.1, 0.15) is 35.7 Å². The first kappa shape index (κ1) is 15.3. The first-order valence-electron chi connectivity index (χ1n) is 7.66. The van der Waals surface area contributed by atoms with Gasteiger partial charge in [-0.15, -0.1) is 0 Å². The van der Waals surface area contributed by atoms with Crippen molar-refractivity contribution in [1.82, 2.24) is 24.4 Å². The van der Waals surface area contributed by atoms with Gasteiger partial charge in [0.25, 0.3) is 5.91 Å². The van der Waals surface area contributed by atoms with Crippen LogP contribution in [0.2, 0.25) is 0 Å². The first-order valence-corrected chi connectivity index (χ1v) is 7.66. The fourth-order valence-electron chi connectivity index (χ4n) is 2.94. The van der Waals surface area contributed by atoms with Gasteiger partial charge in [-0.05, 0) is 18.6 Å². The highest BCUT2D eigenvalue weighted by Crippen LogP contribution is 2.29. The van der Waals surface area contributed by atoms with Gasteiger partial charge < -0.3 is 20.1 Å². The molecule has 0 bridgehead atoms. The molecular weight excluding hydrogens is 294 g/mol. The van der Waals surface area contributed by atoms with Crippen molar-refractivity contribution in [2.24, 2.45) is 0 Å². The fourth-order valence-corrected chi connectivity index (χ4v) is 2.94. The van der Waals surface area contributed by atoms with E-state index in [2.05, 4.69) is 32.5 Å². The summed E-state index contributed by atoms with van der Waals surface area (Å²) in [5, 5.41) is 0. The van der Waals surface area contributed by atoms with Gasteiger partial charge >= 0.3 is 0 Å². The summed E-state index contributed by atoms with van der Waals surface area (Å²) in [6, 6.07) is 4.09. The maximum absolute atomic E-state index is 12.9. The second-order valence-electron chi connectivity index (χ2n) is 5.76. The van der Waals surface area contributed by atoms with E-state index in [0.717, 1.165) is 18.7 Å². The van der Waals surface area contributed by atoms with E-state index in [-0.39, 0.29) is 23.7 Å². The predicted molar refractivity (Wildman–Crippen MR) is 87.1 cm³/mol. The Labute approximate surface area is 135 Å². The number of fused-ring (bicyclic) bond motifs is 1. The molecule has 3 heterocycles. The third kappa shape index (κ3) is 2.71. The second-order valence-corrected chi connectivity index (χ2v) is 5.76. The highest BCUT2D eigenvalue weighted by Gasteiger charge is 2.31. The SMILES string of the molecule is CCC1c2cccn2CCN1C(=O)c1nc(N)nc(N(C)C)n1. The Balaban J connectivity index is 1.94. The topological polar surface area (TPSA) is 93.2 Å². The van der Waals surface area contributed by atoms with E-state index in [0.29, 0.717) is 12.5 Å². The molecule has 8 heteroatoms. The van der Waals surface area contributed by atoms with Crippen LogP contribution in [0.25, 0.3) is 0 Å². The van der Waals surface area contributed by atoms with Gasteiger partial charge in [-0.1, -0.05) is 6.92 Å². The van der Waals surface area contributed by atoms with E-state index < -0.39 is 0 Å². The van der Waals surface area contributed by atoms with Gasteiger partial charge in [0, 0.05) is 39.1 Å². The molecule has 1 unspecified atom stereocenters. The largest absolute Gasteiger partial charge is 0.368 e. The van der Waals surface area contributed by atoms with E-state index >= 15 is 0 Å². The Bertz CT molecular complexity index is 724. The summed E-state index contributed by atoms with van der Waals surface area (Å²) in [6.07, 6.45) is 2.88. The summed E-state index contributed by atoms with van der Waals surface area (Å²) in [6.45, 7) is 3.47. The van der Waals surface area contributed by atoms with E-state index in [1.165, 1.54) is 0 Å². The van der Waals surface area contributed by atoms with Crippen LogP contribution >= 0.6 is 0 Å². The van der Waals surface area contributed by atoms with E-state index in [9.17, 15) is 4.79 Å². The summed E-state index contributed by atoms with van der Waals surface area (Å²) < 4.78 is 2.19. The lowest BCUT2D eigenvalue weighted by Crippen LogP contribution is -2.42. The summed E-state index contributed by atoms with van der Waals surface area (Å²) in [7, 11) is 3.59. The molecule has 1 atom stereocenters. The molecule has 8 nitrogen and oxygen atoms in total. The number of anilines is 2. The van der Waals surface area contributed by atoms with Gasteiger partial charge in [-0.3, -0.25) is 4.79 Å². The number of carbonyl (C=O) groups excluding carboxylic acids is 1. The smallest absolute Gasteiger partial charge is 0.292 e. The maximum atomic E-state index is 12.9. The Hall–Kier alpha value is -2.64. The van der Waals surface area contributed by atoms with Crippen molar-refractivity contribution in [2.45, 2.75) is 25.9 Å². The third-order valence-electron chi connectivity index (χ3n) is 4.04. The van der Waals surface area contributed by atoms with Crippen molar-refractivity contribution in [3.05, 3.63) is 29.8 Å². The lowest BCUT2D eigenvalue weighted by atomic mass is 10.1. The molecule has 0 fully saturated rings. The molecule has 2 aromatic heterocycles. The van der Waals surface area contributed by atoms with E-state index in [4.69, 9.17) is 5.73 Å². The van der Waals surface area contributed by atoms with Crippen molar-refractivity contribution in [1.29, 1.82) is 0 Å². The number of nitrogens with zero attached hydrogens (tertiary/aromatic N) is 6. The number of hydrogen-bond acceptors (Lipinski definition) is 6. The monoisotopic (exact) mass is 315 g/mol. The zero-order chi connectivity index (χ0) is 16.6. The lowest BCUT2D eigenvalue weighted by Gasteiger charge is -2.36. The molecule has 1 aliphatic rings. The molecule has 2 N–H and O–H groups in total. The summed E-state index contributed by atoms with van der Waals surface area (Å²) in [4.78, 5) is 28.8. The van der Waals surface area contributed by atoms with Gasteiger partial charge in [-0.2, -0.15) is 15.0 Å². The Morgan fingerprint density at radius 1 is 1.35 bits per heavy atom. The van der Waals surface area contributed by atoms with Crippen molar-refractivity contribution in [2.75, 3.05) is 31.3 Å². The second kappa shape index (κ2) is 5.86. The van der Waals surface area contributed by atoms with Crippen molar-refractivity contribution in [3.8, 4) is 0 Å². The molecule has 0 aromatic carbocycles. The Kier molecular flexibility index (Phi) is 3.89.